The molecule has 4 rings (SSSR count). The fourth-order valence-electron chi connectivity index (χ4n) is 3.64. The monoisotopic (exact) mass is 478 g/mol. The Morgan fingerprint density at radius 3 is 2.76 bits per heavy atom. The number of aromatic nitrogens is 4. The van der Waals surface area contributed by atoms with Crippen LogP contribution < -0.4 is 4.74 Å². The molecule has 0 unspecified atom stereocenters. The Morgan fingerprint density at radius 1 is 1.21 bits per heavy atom. The van der Waals surface area contributed by atoms with Gasteiger partial charge in [0.05, 0.1) is 37.1 Å². The van der Waals surface area contributed by atoms with E-state index in [-0.39, 0.29) is 17.4 Å². The predicted molar refractivity (Wildman–Crippen MR) is 117 cm³/mol. The molecule has 3 heterocycles. The minimum absolute atomic E-state index is 0.0291. The van der Waals surface area contributed by atoms with E-state index in [0.29, 0.717) is 36.6 Å². The highest BCUT2D eigenvalue weighted by molar-refractivity contribution is 7.90. The number of hydrogen-bond acceptors (Lipinski definition) is 7. The number of pyridine rings is 1. The van der Waals surface area contributed by atoms with E-state index < -0.39 is 32.9 Å². The first-order chi connectivity index (χ1) is 15.9. The molecule has 0 atom stereocenters. The van der Waals surface area contributed by atoms with E-state index in [1.807, 2.05) is 0 Å². The lowest BCUT2D eigenvalue weighted by Gasteiger charge is -2.23. The Kier molecular flexibility index (Phi) is 6.99. The maximum Gasteiger partial charge on any atom is 0.156 e. The van der Waals surface area contributed by atoms with E-state index in [4.69, 9.17) is 9.47 Å². The van der Waals surface area contributed by atoms with E-state index in [0.717, 1.165) is 29.7 Å². The summed E-state index contributed by atoms with van der Waals surface area (Å²) in [7, 11) is -3.51. The highest BCUT2D eigenvalue weighted by Crippen LogP contribution is 2.26. The molecule has 1 aliphatic rings. The molecule has 11 heteroatoms. The van der Waals surface area contributed by atoms with Crippen molar-refractivity contribution in [3.05, 3.63) is 54.0 Å². The van der Waals surface area contributed by atoms with Gasteiger partial charge in [0.1, 0.15) is 23.2 Å². The molecule has 0 aliphatic carbocycles. The molecule has 33 heavy (non-hydrogen) atoms. The van der Waals surface area contributed by atoms with Crippen LogP contribution >= 0.6 is 0 Å². The minimum atomic E-state index is -3.51. The van der Waals surface area contributed by atoms with Crippen molar-refractivity contribution >= 4 is 9.84 Å². The molecule has 0 saturated carbocycles. The third kappa shape index (κ3) is 5.53. The summed E-state index contributed by atoms with van der Waals surface area (Å²) in [6.07, 6.45) is 6.50. The van der Waals surface area contributed by atoms with Crippen LogP contribution in [0.1, 0.15) is 31.7 Å². The second-order valence-electron chi connectivity index (χ2n) is 7.85. The molecule has 2 aromatic heterocycles. The summed E-state index contributed by atoms with van der Waals surface area (Å²) in [5.41, 5.74) is 0.294. The minimum Gasteiger partial charge on any atom is -0.489 e. The van der Waals surface area contributed by atoms with E-state index >= 15 is 4.39 Å². The van der Waals surface area contributed by atoms with Gasteiger partial charge in [0.25, 0.3) is 0 Å². The summed E-state index contributed by atoms with van der Waals surface area (Å²) in [5, 5.41) is 7.87. The first-order valence-corrected chi connectivity index (χ1v) is 12.5. The lowest BCUT2D eigenvalue weighted by atomic mass is 10.1. The van der Waals surface area contributed by atoms with Crippen molar-refractivity contribution in [2.24, 2.45) is 0 Å². The highest BCUT2D eigenvalue weighted by Gasteiger charge is 2.22. The molecule has 0 bridgehead atoms. The van der Waals surface area contributed by atoms with Crippen molar-refractivity contribution in [1.29, 1.82) is 0 Å². The fraction of sp³-hybridized carbons (Fsp3) is 0.409. The molecular weight excluding hydrogens is 454 g/mol. The standard InChI is InChI=1S/C22H24F2N4O4S/c1-2-9-33(29,30)14-15-3-4-19(23)22(21(15)24)28-13-20(26-27-28)16-10-18(12-25-11-16)32-17-5-7-31-8-6-17/h3-4,10-13,17H,2,5-9,14H2,1H3. The number of benzene rings is 1. The van der Waals surface area contributed by atoms with Gasteiger partial charge in [-0.25, -0.2) is 21.9 Å². The quantitative estimate of drug-likeness (QED) is 0.489. The van der Waals surface area contributed by atoms with Crippen LogP contribution in [0.25, 0.3) is 16.9 Å². The maximum atomic E-state index is 15.1. The van der Waals surface area contributed by atoms with Crippen molar-refractivity contribution < 1.29 is 26.7 Å². The van der Waals surface area contributed by atoms with Crippen molar-refractivity contribution in [2.45, 2.75) is 38.0 Å². The van der Waals surface area contributed by atoms with Gasteiger partial charge in [0.15, 0.2) is 21.5 Å². The van der Waals surface area contributed by atoms with Gasteiger partial charge in [-0.05, 0) is 18.6 Å². The molecule has 1 aliphatic heterocycles. The van der Waals surface area contributed by atoms with Crippen molar-refractivity contribution in [2.75, 3.05) is 19.0 Å². The van der Waals surface area contributed by atoms with Gasteiger partial charge in [-0.15, -0.1) is 5.10 Å². The largest absolute Gasteiger partial charge is 0.489 e. The number of sulfone groups is 1. The average Bonchev–Trinajstić information content (AvgIpc) is 3.26. The molecule has 0 radical (unpaired) electrons. The molecular formula is C22H24F2N4O4S. The summed E-state index contributed by atoms with van der Waals surface area (Å²) < 4.78 is 66.1. The van der Waals surface area contributed by atoms with E-state index in [9.17, 15) is 12.8 Å². The van der Waals surface area contributed by atoms with Crippen LogP contribution in [0.15, 0.2) is 36.8 Å². The summed E-state index contributed by atoms with van der Waals surface area (Å²) >= 11 is 0. The van der Waals surface area contributed by atoms with Crippen LogP contribution in [0, 0.1) is 11.6 Å². The molecule has 3 aromatic rings. The van der Waals surface area contributed by atoms with Crippen molar-refractivity contribution in [3.8, 4) is 22.7 Å². The Labute approximate surface area is 190 Å². The Hall–Kier alpha value is -2.92. The Bertz CT molecular complexity index is 1230. The number of rotatable bonds is 8. The summed E-state index contributed by atoms with van der Waals surface area (Å²) in [6, 6.07) is 3.90. The lowest BCUT2D eigenvalue weighted by Crippen LogP contribution is -2.25. The molecule has 8 nitrogen and oxygen atoms in total. The van der Waals surface area contributed by atoms with Gasteiger partial charge >= 0.3 is 0 Å². The number of hydrogen-bond donors (Lipinski definition) is 0. The van der Waals surface area contributed by atoms with Crippen LogP contribution in [-0.2, 0) is 20.3 Å². The molecule has 0 amide bonds. The van der Waals surface area contributed by atoms with Crippen LogP contribution in [0.5, 0.6) is 5.75 Å². The zero-order valence-corrected chi connectivity index (χ0v) is 18.9. The van der Waals surface area contributed by atoms with Gasteiger partial charge in [0, 0.05) is 30.2 Å². The van der Waals surface area contributed by atoms with Crippen LogP contribution in [-0.4, -0.2) is 53.5 Å². The van der Waals surface area contributed by atoms with Gasteiger partial charge < -0.3 is 9.47 Å². The number of ether oxygens (including phenoxy) is 2. The van der Waals surface area contributed by atoms with E-state index in [1.54, 1.807) is 25.4 Å². The highest BCUT2D eigenvalue weighted by atomic mass is 32.2. The molecule has 1 aromatic carbocycles. The fourth-order valence-corrected chi connectivity index (χ4v) is 5.10. The average molecular weight is 479 g/mol. The summed E-state index contributed by atoms with van der Waals surface area (Å²) in [4.78, 5) is 4.17. The van der Waals surface area contributed by atoms with Gasteiger partial charge in [-0.3, -0.25) is 4.98 Å². The summed E-state index contributed by atoms with van der Waals surface area (Å²) in [6.45, 7) is 3.00. The third-order valence-electron chi connectivity index (χ3n) is 5.24. The van der Waals surface area contributed by atoms with Crippen LogP contribution in [0.4, 0.5) is 8.78 Å². The smallest absolute Gasteiger partial charge is 0.156 e. The lowest BCUT2D eigenvalue weighted by molar-refractivity contribution is 0.0254. The van der Waals surface area contributed by atoms with Crippen LogP contribution in [0.3, 0.4) is 0 Å². The van der Waals surface area contributed by atoms with Crippen molar-refractivity contribution in [3.63, 3.8) is 0 Å². The second-order valence-corrected chi connectivity index (χ2v) is 10.0. The van der Waals surface area contributed by atoms with Gasteiger partial charge in [-0.1, -0.05) is 18.2 Å². The zero-order chi connectivity index (χ0) is 23.4. The first-order valence-electron chi connectivity index (χ1n) is 10.7. The predicted octanol–water partition coefficient (Wildman–Crippen LogP) is 3.49. The first kappa shape index (κ1) is 23.2. The SMILES string of the molecule is CCCS(=O)(=O)Cc1ccc(F)c(-n2cc(-c3cncc(OC4CCOCC4)c3)nn2)c1F. The normalized spacial score (nSPS) is 15.0. The van der Waals surface area contributed by atoms with Gasteiger partial charge in [0.2, 0.25) is 0 Å². The molecule has 1 saturated heterocycles. The van der Waals surface area contributed by atoms with E-state index in [2.05, 4.69) is 15.3 Å². The van der Waals surface area contributed by atoms with Crippen LogP contribution in [0.2, 0.25) is 0 Å². The summed E-state index contributed by atoms with van der Waals surface area (Å²) in [5.74, 6) is -1.91. The topological polar surface area (TPSA) is 96.2 Å². The zero-order valence-electron chi connectivity index (χ0n) is 18.1. The van der Waals surface area contributed by atoms with Crippen molar-refractivity contribution in [1.82, 2.24) is 20.0 Å². The number of halogens is 2. The van der Waals surface area contributed by atoms with E-state index in [1.165, 1.54) is 6.20 Å². The Balaban J connectivity index is 1.60. The molecule has 0 spiro atoms. The second kappa shape index (κ2) is 9.92. The molecule has 1 fully saturated rings. The van der Waals surface area contributed by atoms with Gasteiger partial charge in [-0.2, -0.15) is 0 Å². The third-order valence-corrected chi connectivity index (χ3v) is 7.02. The molecule has 176 valence electrons. The number of nitrogens with zero attached hydrogens (tertiary/aromatic N) is 4. The Morgan fingerprint density at radius 2 is 2.00 bits per heavy atom. The molecule has 0 N–H and O–H groups in total. The maximum absolute atomic E-state index is 15.1.